The fraction of sp³-hybridized carbons (Fsp3) is 1.00. The minimum Gasteiger partial charge on any atom is -0.381 e. The molecule has 142 valence electrons. The highest BCUT2D eigenvalue weighted by Crippen LogP contribution is 2.77. The van der Waals surface area contributed by atoms with Gasteiger partial charge in [0.15, 0.2) is 5.60 Å². The Morgan fingerprint density at radius 2 is 1.12 bits per heavy atom. The number of fused-ring (bicyclic) bond motifs is 2. The molecule has 0 aromatic carbocycles. The Labute approximate surface area is 126 Å². The number of alkyl halides is 10. The van der Waals surface area contributed by atoms with E-state index in [-0.39, 0.29) is 0 Å². The van der Waals surface area contributed by atoms with Crippen LogP contribution in [0.5, 0.6) is 0 Å². The SMILES string of the molecule is CC12CC(O)(CF)C(F)(F)C(O)(C(F)(F)C(O)(F)C1(F)F)C2(F)F. The molecule has 0 radical (unpaired) electrons. The molecule has 24 heavy (non-hydrogen) atoms. The highest BCUT2D eigenvalue weighted by molar-refractivity contribution is 5.36. The fourth-order valence-corrected chi connectivity index (χ4v) is 3.38. The van der Waals surface area contributed by atoms with Crippen molar-refractivity contribution < 1.29 is 59.2 Å². The molecule has 2 rings (SSSR count). The molecule has 0 amide bonds. The van der Waals surface area contributed by atoms with Crippen molar-refractivity contribution in [3.8, 4) is 0 Å². The topological polar surface area (TPSA) is 60.7 Å². The van der Waals surface area contributed by atoms with E-state index in [2.05, 4.69) is 0 Å². The largest absolute Gasteiger partial charge is 0.381 e. The van der Waals surface area contributed by atoms with E-state index in [0.717, 1.165) is 0 Å². The van der Waals surface area contributed by atoms with E-state index < -0.39 is 66.2 Å². The molecule has 0 saturated heterocycles. The lowest BCUT2D eigenvalue weighted by Crippen LogP contribution is -2.94. The summed E-state index contributed by atoms with van der Waals surface area (Å²) in [7, 11) is 0. The van der Waals surface area contributed by atoms with Gasteiger partial charge in [0.05, 0.1) is 0 Å². The molecule has 2 fully saturated rings. The Morgan fingerprint density at radius 1 is 0.708 bits per heavy atom. The van der Waals surface area contributed by atoms with Gasteiger partial charge in [-0.3, -0.25) is 0 Å². The molecule has 0 aromatic rings. The Bertz CT molecular complexity index is 568. The zero-order valence-corrected chi connectivity index (χ0v) is 11.5. The zero-order chi connectivity index (χ0) is 19.4. The lowest BCUT2D eigenvalue weighted by Gasteiger charge is -2.66. The number of hydrogen-bond acceptors (Lipinski definition) is 3. The average molecular weight is 380 g/mol. The van der Waals surface area contributed by atoms with Crippen LogP contribution in [0.25, 0.3) is 0 Å². The Balaban J connectivity index is 3.03. The van der Waals surface area contributed by atoms with Gasteiger partial charge in [0, 0.05) is 6.42 Å². The Hall–Kier alpha value is -0.820. The average Bonchev–Trinajstić information content (AvgIpc) is 2.42. The second kappa shape index (κ2) is 4.11. The van der Waals surface area contributed by atoms with Crippen molar-refractivity contribution in [2.45, 2.75) is 54.1 Å². The first-order chi connectivity index (χ1) is 10.3. The summed E-state index contributed by atoms with van der Waals surface area (Å²) >= 11 is 0. The summed E-state index contributed by atoms with van der Waals surface area (Å²) in [5.74, 6) is -31.7. The van der Waals surface area contributed by atoms with Crippen molar-refractivity contribution in [1.82, 2.24) is 0 Å². The van der Waals surface area contributed by atoms with E-state index in [9.17, 15) is 54.1 Å². The minimum absolute atomic E-state index is 0.423. The van der Waals surface area contributed by atoms with Crippen molar-refractivity contribution in [3.05, 3.63) is 0 Å². The first-order valence-electron chi connectivity index (χ1n) is 6.20. The second-order valence-corrected chi connectivity index (χ2v) is 6.30. The van der Waals surface area contributed by atoms with Crippen LogP contribution in [0.2, 0.25) is 0 Å². The Kier molecular flexibility index (Phi) is 3.34. The lowest BCUT2D eigenvalue weighted by atomic mass is 9.48. The van der Waals surface area contributed by atoms with Crippen molar-refractivity contribution >= 4 is 0 Å². The van der Waals surface area contributed by atoms with Crippen LogP contribution >= 0.6 is 0 Å². The van der Waals surface area contributed by atoms with Gasteiger partial charge in [-0.1, -0.05) is 0 Å². The maximum absolute atomic E-state index is 14.2. The molecule has 2 bridgehead atoms. The van der Waals surface area contributed by atoms with Crippen molar-refractivity contribution in [1.29, 1.82) is 0 Å². The number of aliphatic hydroxyl groups is 3. The van der Waals surface area contributed by atoms with Crippen LogP contribution in [-0.4, -0.2) is 62.7 Å². The number of hydrogen-bond donors (Lipinski definition) is 3. The van der Waals surface area contributed by atoms with E-state index in [0.29, 0.717) is 0 Å². The summed E-state index contributed by atoms with van der Waals surface area (Å²) in [5, 5.41) is 27.6. The zero-order valence-electron chi connectivity index (χ0n) is 11.5. The van der Waals surface area contributed by atoms with Crippen LogP contribution in [0.3, 0.4) is 0 Å². The third-order valence-corrected chi connectivity index (χ3v) is 5.03. The molecular weight excluding hydrogens is 370 g/mol. The summed E-state index contributed by atoms with van der Waals surface area (Å²) in [6.07, 6.45) is -2.63. The van der Waals surface area contributed by atoms with Crippen molar-refractivity contribution in [2.75, 3.05) is 6.67 Å². The quantitative estimate of drug-likeness (QED) is 0.611. The fourth-order valence-electron chi connectivity index (χ4n) is 3.38. The molecule has 0 heterocycles. The van der Waals surface area contributed by atoms with Gasteiger partial charge in [-0.2, -0.15) is 30.7 Å². The molecule has 4 unspecified atom stereocenters. The maximum Gasteiger partial charge on any atom is 0.351 e. The van der Waals surface area contributed by atoms with Crippen LogP contribution in [-0.2, 0) is 0 Å². The van der Waals surface area contributed by atoms with E-state index in [1.165, 1.54) is 0 Å². The maximum atomic E-state index is 14.2. The standard InChI is InChI=1S/C11H10F10O3/c1-4-2-5(22,3-12)9(17,18)6(23,7(4,13)14)10(19,20)11(21,24)8(4,15)16/h22-24H,2-3H2,1H3. The molecule has 3 nitrogen and oxygen atoms in total. The smallest absolute Gasteiger partial charge is 0.351 e. The molecule has 2 aliphatic rings. The molecule has 0 aliphatic heterocycles. The van der Waals surface area contributed by atoms with Crippen molar-refractivity contribution in [3.63, 3.8) is 0 Å². The van der Waals surface area contributed by atoms with Gasteiger partial charge in [-0.15, -0.1) is 0 Å². The van der Waals surface area contributed by atoms with Gasteiger partial charge in [0.25, 0.3) is 11.5 Å². The lowest BCUT2D eigenvalue weighted by molar-refractivity contribution is -0.544. The van der Waals surface area contributed by atoms with Crippen molar-refractivity contribution in [2.24, 2.45) is 5.41 Å². The van der Waals surface area contributed by atoms with Gasteiger partial charge in [0.1, 0.15) is 12.1 Å². The third-order valence-electron chi connectivity index (χ3n) is 5.03. The second-order valence-electron chi connectivity index (χ2n) is 6.30. The van der Waals surface area contributed by atoms with Crippen LogP contribution in [0.15, 0.2) is 0 Å². The normalized spacial score (nSPS) is 51.2. The monoisotopic (exact) mass is 380 g/mol. The molecule has 2 aliphatic carbocycles. The first kappa shape index (κ1) is 19.5. The highest BCUT2D eigenvalue weighted by Gasteiger charge is 3.04. The predicted octanol–water partition coefficient (Wildman–Crippen LogP) is 2.04. The molecule has 3 N–H and O–H groups in total. The Morgan fingerprint density at radius 3 is 1.50 bits per heavy atom. The molecule has 2 saturated carbocycles. The minimum atomic E-state index is -6.89. The summed E-state index contributed by atoms with van der Waals surface area (Å²) in [4.78, 5) is 0. The summed E-state index contributed by atoms with van der Waals surface area (Å²) in [6.45, 7) is -3.21. The third kappa shape index (κ3) is 1.34. The molecule has 4 atom stereocenters. The van der Waals surface area contributed by atoms with E-state index >= 15 is 0 Å². The highest BCUT2D eigenvalue weighted by atomic mass is 19.3. The predicted molar refractivity (Wildman–Crippen MR) is 54.4 cm³/mol. The van der Waals surface area contributed by atoms with Gasteiger partial charge < -0.3 is 15.3 Å². The first-order valence-corrected chi connectivity index (χ1v) is 6.20. The van der Waals surface area contributed by atoms with E-state index in [1.54, 1.807) is 0 Å². The van der Waals surface area contributed by atoms with Gasteiger partial charge in [-0.05, 0) is 6.92 Å². The molecule has 0 aromatic heterocycles. The molecule has 13 heteroatoms. The van der Waals surface area contributed by atoms with Gasteiger partial charge >= 0.3 is 23.6 Å². The van der Waals surface area contributed by atoms with E-state index in [4.69, 9.17) is 5.11 Å². The molecular formula is C11H10F10O3. The molecule has 0 spiro atoms. The van der Waals surface area contributed by atoms with E-state index in [1.807, 2.05) is 0 Å². The van der Waals surface area contributed by atoms with Gasteiger partial charge in [-0.25, -0.2) is 13.2 Å². The number of halogens is 10. The van der Waals surface area contributed by atoms with Crippen LogP contribution in [0.4, 0.5) is 43.9 Å². The van der Waals surface area contributed by atoms with Crippen LogP contribution in [0.1, 0.15) is 13.3 Å². The summed E-state index contributed by atoms with van der Waals surface area (Å²) in [6, 6.07) is 0. The van der Waals surface area contributed by atoms with Crippen LogP contribution in [0, 0.1) is 5.41 Å². The van der Waals surface area contributed by atoms with Gasteiger partial charge in [0.2, 0.25) is 0 Å². The van der Waals surface area contributed by atoms with Crippen LogP contribution < -0.4 is 0 Å². The summed E-state index contributed by atoms with van der Waals surface area (Å²) < 4.78 is 139. The summed E-state index contributed by atoms with van der Waals surface area (Å²) in [5.41, 5.74) is -15.6. The number of rotatable bonds is 1.